The second-order valence-electron chi connectivity index (χ2n) is 9.23. The predicted octanol–water partition coefficient (Wildman–Crippen LogP) is 1.26. The molecule has 0 aromatic heterocycles. The number of esters is 2. The summed E-state index contributed by atoms with van der Waals surface area (Å²) in [6.45, 7) is 5.97. The van der Waals surface area contributed by atoms with Crippen LogP contribution in [0.25, 0.3) is 0 Å². The number of amides is 2. The monoisotopic (exact) mass is 473 g/mol. The maximum atomic E-state index is 13.9. The number of likely N-dealkylation sites (tertiary alicyclic amines) is 1. The van der Waals surface area contributed by atoms with Gasteiger partial charge in [0.05, 0.1) is 13.2 Å². The van der Waals surface area contributed by atoms with E-state index < -0.39 is 35.5 Å². The van der Waals surface area contributed by atoms with Crippen LogP contribution in [0.3, 0.4) is 0 Å². The zero-order valence-corrected chi connectivity index (χ0v) is 20.4. The first-order chi connectivity index (χ1) is 16.2. The minimum atomic E-state index is -1.20. The molecule has 0 bridgehead atoms. The number of carbonyl (C=O) groups excluding carboxylic acids is 4. The van der Waals surface area contributed by atoms with Crippen molar-refractivity contribution in [3.63, 3.8) is 0 Å². The lowest BCUT2D eigenvalue weighted by Crippen LogP contribution is -2.64. The van der Waals surface area contributed by atoms with Gasteiger partial charge in [-0.3, -0.25) is 14.4 Å². The zero-order chi connectivity index (χ0) is 24.9. The summed E-state index contributed by atoms with van der Waals surface area (Å²) in [6, 6.07) is 6.34. The van der Waals surface area contributed by atoms with Crippen molar-refractivity contribution in [3.05, 3.63) is 35.4 Å². The molecular weight excluding hydrogens is 438 g/mol. The van der Waals surface area contributed by atoms with Gasteiger partial charge in [0.15, 0.2) is 6.04 Å². The van der Waals surface area contributed by atoms with Crippen LogP contribution in [0.15, 0.2) is 24.3 Å². The van der Waals surface area contributed by atoms with Gasteiger partial charge in [0.1, 0.15) is 11.6 Å². The summed E-state index contributed by atoms with van der Waals surface area (Å²) in [6.07, 6.45) is 2.14. The Morgan fingerprint density at radius 3 is 2.50 bits per heavy atom. The van der Waals surface area contributed by atoms with E-state index in [4.69, 9.17) is 9.47 Å². The van der Waals surface area contributed by atoms with Crippen molar-refractivity contribution >= 4 is 23.8 Å². The molecule has 1 aromatic rings. The SMILES string of the molecule is COC(=O)C(NC(=O)[C@]1(Cc2ccc(C)cc2)CCCN1C(=O)[C@@H]1CCCN1)C(C)OC(C)=O. The number of methoxy groups -OCH3 is 1. The van der Waals surface area contributed by atoms with E-state index in [0.717, 1.165) is 30.5 Å². The fourth-order valence-corrected chi connectivity index (χ4v) is 4.93. The Hall–Kier alpha value is -2.94. The average Bonchev–Trinajstić information content (AvgIpc) is 3.48. The van der Waals surface area contributed by atoms with Gasteiger partial charge >= 0.3 is 11.9 Å². The molecule has 34 heavy (non-hydrogen) atoms. The molecule has 3 rings (SSSR count). The molecule has 2 aliphatic rings. The van der Waals surface area contributed by atoms with Gasteiger partial charge in [0, 0.05) is 19.9 Å². The number of benzene rings is 1. The number of hydrogen-bond donors (Lipinski definition) is 2. The Morgan fingerprint density at radius 2 is 1.91 bits per heavy atom. The van der Waals surface area contributed by atoms with Crippen LogP contribution in [0.5, 0.6) is 0 Å². The molecular formula is C25H35N3O6. The first-order valence-corrected chi connectivity index (χ1v) is 11.8. The summed E-state index contributed by atoms with van der Waals surface area (Å²) in [5.41, 5.74) is 0.846. The molecule has 2 aliphatic heterocycles. The smallest absolute Gasteiger partial charge is 0.332 e. The summed E-state index contributed by atoms with van der Waals surface area (Å²) < 4.78 is 10.0. The lowest BCUT2D eigenvalue weighted by Gasteiger charge is -2.40. The third kappa shape index (κ3) is 5.58. The van der Waals surface area contributed by atoms with E-state index in [1.807, 2.05) is 31.2 Å². The van der Waals surface area contributed by atoms with Crippen LogP contribution in [0.1, 0.15) is 50.7 Å². The molecule has 9 nitrogen and oxygen atoms in total. The number of aryl methyl sites for hydroxylation is 1. The Bertz CT molecular complexity index is 912. The molecule has 0 radical (unpaired) electrons. The van der Waals surface area contributed by atoms with Crippen molar-refractivity contribution in [3.8, 4) is 0 Å². The highest BCUT2D eigenvalue weighted by Crippen LogP contribution is 2.35. The van der Waals surface area contributed by atoms with Gasteiger partial charge in [-0.2, -0.15) is 0 Å². The number of nitrogens with zero attached hydrogens (tertiary/aromatic N) is 1. The van der Waals surface area contributed by atoms with Crippen molar-refractivity contribution in [2.75, 3.05) is 20.2 Å². The van der Waals surface area contributed by atoms with Crippen molar-refractivity contribution in [2.24, 2.45) is 0 Å². The molecule has 2 saturated heterocycles. The minimum absolute atomic E-state index is 0.0973. The van der Waals surface area contributed by atoms with Gasteiger partial charge in [0.25, 0.3) is 0 Å². The quantitative estimate of drug-likeness (QED) is 0.547. The van der Waals surface area contributed by atoms with E-state index in [0.29, 0.717) is 25.8 Å². The van der Waals surface area contributed by atoms with Crippen molar-refractivity contribution in [2.45, 2.75) is 76.6 Å². The van der Waals surface area contributed by atoms with E-state index >= 15 is 0 Å². The lowest BCUT2D eigenvalue weighted by molar-refractivity contribution is -0.158. The Kier molecular flexibility index (Phi) is 8.30. The highest BCUT2D eigenvalue weighted by atomic mass is 16.6. The fourth-order valence-electron chi connectivity index (χ4n) is 4.93. The maximum Gasteiger partial charge on any atom is 0.332 e. The molecule has 9 heteroatoms. The van der Waals surface area contributed by atoms with Crippen molar-refractivity contribution in [1.82, 2.24) is 15.5 Å². The second kappa shape index (κ2) is 11.0. The van der Waals surface area contributed by atoms with Crippen molar-refractivity contribution < 1.29 is 28.7 Å². The molecule has 0 saturated carbocycles. The number of rotatable bonds is 8. The Balaban J connectivity index is 1.95. The van der Waals surface area contributed by atoms with Gasteiger partial charge in [0.2, 0.25) is 11.8 Å². The topological polar surface area (TPSA) is 114 Å². The van der Waals surface area contributed by atoms with Crippen LogP contribution in [0.2, 0.25) is 0 Å². The summed E-state index contributed by atoms with van der Waals surface area (Å²) >= 11 is 0. The lowest BCUT2D eigenvalue weighted by atomic mass is 9.85. The third-order valence-electron chi connectivity index (χ3n) is 6.72. The molecule has 2 fully saturated rings. The molecule has 2 amide bonds. The second-order valence-corrected chi connectivity index (χ2v) is 9.23. The number of carbonyl (C=O) groups is 4. The summed E-state index contributed by atoms with van der Waals surface area (Å²) in [4.78, 5) is 53.1. The first-order valence-electron chi connectivity index (χ1n) is 11.8. The van der Waals surface area contributed by atoms with E-state index in [1.165, 1.54) is 21.0 Å². The van der Waals surface area contributed by atoms with Crippen LogP contribution in [-0.4, -0.2) is 72.6 Å². The molecule has 2 N–H and O–H groups in total. The van der Waals surface area contributed by atoms with Crippen LogP contribution >= 0.6 is 0 Å². The van der Waals surface area contributed by atoms with Crippen LogP contribution < -0.4 is 10.6 Å². The molecule has 2 heterocycles. The molecule has 1 aromatic carbocycles. The third-order valence-corrected chi connectivity index (χ3v) is 6.72. The summed E-state index contributed by atoms with van der Waals surface area (Å²) in [7, 11) is 1.21. The molecule has 0 aliphatic carbocycles. The van der Waals surface area contributed by atoms with Crippen LogP contribution in [0, 0.1) is 6.92 Å². The minimum Gasteiger partial charge on any atom is -0.467 e. The van der Waals surface area contributed by atoms with Gasteiger partial charge in [-0.15, -0.1) is 0 Å². The summed E-state index contributed by atoms with van der Waals surface area (Å²) in [5, 5.41) is 5.99. The normalized spacial score (nSPS) is 23.8. The van der Waals surface area contributed by atoms with Crippen LogP contribution in [-0.2, 0) is 35.1 Å². The highest BCUT2D eigenvalue weighted by molar-refractivity contribution is 5.96. The number of nitrogens with one attached hydrogen (secondary N) is 2. The summed E-state index contributed by atoms with van der Waals surface area (Å²) in [5.74, 6) is -1.85. The largest absolute Gasteiger partial charge is 0.467 e. The number of hydrogen-bond acceptors (Lipinski definition) is 7. The molecule has 186 valence electrons. The first kappa shape index (κ1) is 25.7. The molecule has 4 atom stereocenters. The van der Waals surface area contributed by atoms with Gasteiger partial charge < -0.3 is 25.0 Å². The fraction of sp³-hybridized carbons (Fsp3) is 0.600. The highest BCUT2D eigenvalue weighted by Gasteiger charge is 2.52. The predicted molar refractivity (Wildman–Crippen MR) is 125 cm³/mol. The molecule has 0 spiro atoms. The Labute approximate surface area is 200 Å². The number of ether oxygens (including phenoxy) is 2. The zero-order valence-electron chi connectivity index (χ0n) is 20.4. The van der Waals surface area contributed by atoms with Crippen LogP contribution in [0.4, 0.5) is 0 Å². The van der Waals surface area contributed by atoms with E-state index in [1.54, 1.807) is 4.90 Å². The van der Waals surface area contributed by atoms with Gasteiger partial charge in [-0.1, -0.05) is 29.8 Å². The van der Waals surface area contributed by atoms with E-state index in [2.05, 4.69) is 10.6 Å². The Morgan fingerprint density at radius 1 is 1.21 bits per heavy atom. The van der Waals surface area contributed by atoms with Crippen molar-refractivity contribution in [1.29, 1.82) is 0 Å². The molecule has 2 unspecified atom stereocenters. The standard InChI is InChI=1S/C25H35N3O6/c1-16-8-10-19(11-9-16)15-25(12-6-14-28(25)22(30)20-7-5-13-26-20)24(32)27-21(23(31)33-4)17(2)34-18(3)29/h8-11,17,20-21,26H,5-7,12-15H2,1-4H3,(H,27,32)/t17?,20-,21?,25+/m0/s1. The van der Waals surface area contributed by atoms with E-state index in [9.17, 15) is 19.2 Å². The maximum absolute atomic E-state index is 13.9. The van der Waals surface area contributed by atoms with Gasteiger partial charge in [-0.25, -0.2) is 4.79 Å². The average molecular weight is 474 g/mol. The van der Waals surface area contributed by atoms with Gasteiger partial charge in [-0.05, 0) is 51.6 Å². The van der Waals surface area contributed by atoms with E-state index in [-0.39, 0.29) is 11.9 Å².